The molecule has 1 aliphatic rings. The average molecular weight is 312 g/mol. The van der Waals surface area contributed by atoms with E-state index in [-0.39, 0.29) is 38.8 Å². The largest absolute Gasteiger partial charge is 0.432 e. The molecule has 1 aromatic rings. The first kappa shape index (κ1) is 14.7. The molecule has 0 saturated heterocycles. The van der Waals surface area contributed by atoms with Gasteiger partial charge in [0.2, 0.25) is 0 Å². The predicted octanol–water partition coefficient (Wildman–Crippen LogP) is 1.51. The predicted molar refractivity (Wildman–Crippen MR) is 55.5 cm³/mol. The fourth-order valence-electron chi connectivity index (χ4n) is 1.56. The number of rotatable bonds is 2. The molecule has 0 aliphatic carbocycles. The normalized spacial score (nSPS) is 23.1. The minimum absolute atomic E-state index is 0. The number of hydrogen-bond acceptors (Lipinski definition) is 3. The van der Waals surface area contributed by atoms with E-state index in [1.807, 2.05) is 6.92 Å². The van der Waals surface area contributed by atoms with E-state index in [4.69, 9.17) is 4.74 Å². The Balaban J connectivity index is 0.00000144. The molecule has 0 N–H and O–H groups in total. The van der Waals surface area contributed by atoms with E-state index in [0.29, 0.717) is 12.1 Å². The van der Waals surface area contributed by atoms with Crippen molar-refractivity contribution in [2.24, 2.45) is 0 Å². The summed E-state index contributed by atoms with van der Waals surface area (Å²) in [6.45, 7) is 3.54. The Hall–Kier alpha value is -0.386. The van der Waals surface area contributed by atoms with Crippen LogP contribution in [0.5, 0.6) is 0 Å². The van der Waals surface area contributed by atoms with Gasteiger partial charge in [-0.25, -0.2) is 14.2 Å². The molecule has 0 spiro atoms. The second-order valence-electron chi connectivity index (χ2n) is 3.65. The Morgan fingerprint density at radius 2 is 2.35 bits per heavy atom. The van der Waals surface area contributed by atoms with Gasteiger partial charge in [0.15, 0.2) is 6.23 Å². The summed E-state index contributed by atoms with van der Waals surface area (Å²) in [6.07, 6.45) is 2.17. The van der Waals surface area contributed by atoms with Crippen molar-refractivity contribution in [3.05, 3.63) is 40.3 Å². The van der Waals surface area contributed by atoms with Crippen molar-refractivity contribution in [1.29, 1.82) is 0 Å². The second-order valence-corrected chi connectivity index (χ2v) is 3.65. The second kappa shape index (κ2) is 5.98. The maximum absolute atomic E-state index is 13.5. The quantitative estimate of drug-likeness (QED) is 0.778. The zero-order valence-electron chi connectivity index (χ0n) is 9.68. The Morgan fingerprint density at radius 3 is 2.88 bits per heavy atom. The molecule has 0 aromatic carbocycles. The van der Waals surface area contributed by atoms with Crippen LogP contribution in [0.4, 0.5) is 4.39 Å². The molecule has 6 heteroatoms. The third-order valence-electron chi connectivity index (χ3n) is 2.44. The minimum Gasteiger partial charge on any atom is -0.432 e. The van der Waals surface area contributed by atoms with Crippen molar-refractivity contribution in [2.75, 3.05) is 0 Å². The van der Waals surface area contributed by atoms with E-state index in [9.17, 15) is 9.18 Å². The molecule has 1 radical (unpaired) electrons. The van der Waals surface area contributed by atoms with Crippen molar-refractivity contribution in [3.63, 3.8) is 0 Å². The van der Waals surface area contributed by atoms with Crippen LogP contribution in [-0.4, -0.2) is 15.7 Å². The van der Waals surface area contributed by atoms with Crippen LogP contribution in [0.3, 0.4) is 0 Å². The fraction of sp³-hybridized carbons (Fsp3) is 0.455. The molecule has 2 rings (SSSR count). The van der Waals surface area contributed by atoms with E-state index in [0.717, 1.165) is 4.57 Å². The molecule has 89 valence electrons. The van der Waals surface area contributed by atoms with E-state index < -0.39 is 17.7 Å². The fourth-order valence-corrected chi connectivity index (χ4v) is 1.56. The van der Waals surface area contributed by atoms with Gasteiger partial charge in [-0.2, -0.15) is 6.20 Å². The molecule has 1 aromatic heterocycles. The number of hydrogen-bond donors (Lipinski definition) is 0. The first-order valence-electron chi connectivity index (χ1n) is 5.12. The first-order chi connectivity index (χ1) is 7.61. The van der Waals surface area contributed by atoms with Gasteiger partial charge in [-0.1, -0.05) is 13.8 Å². The van der Waals surface area contributed by atoms with Crippen molar-refractivity contribution in [1.82, 2.24) is 9.55 Å². The van der Waals surface area contributed by atoms with Gasteiger partial charge in [-0.3, -0.25) is 0 Å². The maximum Gasteiger partial charge on any atom is 0.344 e. The molecule has 0 bridgehead atoms. The van der Waals surface area contributed by atoms with Gasteiger partial charge in [-0.05, 0) is 12.5 Å². The smallest absolute Gasteiger partial charge is 0.344 e. The third kappa shape index (κ3) is 3.09. The summed E-state index contributed by atoms with van der Waals surface area (Å²) in [4.78, 5) is 15.2. The van der Waals surface area contributed by atoms with E-state index in [1.54, 1.807) is 6.92 Å². The molecular weight excluding hydrogens is 300 g/mol. The van der Waals surface area contributed by atoms with Crippen LogP contribution in [0.2, 0.25) is 0 Å². The number of aromatic nitrogens is 2. The molecule has 0 fully saturated rings. The van der Waals surface area contributed by atoms with Crippen LogP contribution in [0.25, 0.3) is 0 Å². The number of aryl methyl sites for hydroxylation is 1. The third-order valence-corrected chi connectivity index (χ3v) is 2.44. The molecule has 0 unspecified atom stereocenters. The zero-order chi connectivity index (χ0) is 11.7. The van der Waals surface area contributed by atoms with Crippen LogP contribution in [0.1, 0.15) is 25.3 Å². The first-order valence-corrected chi connectivity index (χ1v) is 5.12. The number of halogens is 1. The Kier molecular flexibility index (Phi) is 5.16. The van der Waals surface area contributed by atoms with Crippen molar-refractivity contribution in [3.8, 4) is 0 Å². The molecule has 0 saturated carbocycles. The van der Waals surface area contributed by atoms with Crippen molar-refractivity contribution >= 4 is 0 Å². The van der Waals surface area contributed by atoms with E-state index in [2.05, 4.69) is 11.1 Å². The summed E-state index contributed by atoms with van der Waals surface area (Å²) in [5, 5.41) is 0. The number of nitrogens with zero attached hydrogens (tertiary/aromatic N) is 2. The Bertz CT molecular complexity index is 487. The molecule has 2 atom stereocenters. The van der Waals surface area contributed by atoms with Crippen molar-refractivity contribution in [2.45, 2.75) is 32.6 Å². The molecule has 4 nitrogen and oxygen atoms in total. The van der Waals surface area contributed by atoms with Crippen LogP contribution >= 0.6 is 0 Å². The SMILES string of the molecule is CC[C@H]1C=C(F)[C@@H](n2c[c-]c(C)nc2=O)O1.[Y]. The summed E-state index contributed by atoms with van der Waals surface area (Å²) in [6, 6.07) is 2.75. The van der Waals surface area contributed by atoms with Gasteiger partial charge in [0, 0.05) is 32.7 Å². The van der Waals surface area contributed by atoms with Gasteiger partial charge >= 0.3 is 5.69 Å². The maximum atomic E-state index is 13.5. The Morgan fingerprint density at radius 1 is 1.65 bits per heavy atom. The summed E-state index contributed by atoms with van der Waals surface area (Å²) in [5.41, 5.74) is -0.0442. The summed E-state index contributed by atoms with van der Waals surface area (Å²) in [7, 11) is 0. The minimum atomic E-state index is -0.984. The van der Waals surface area contributed by atoms with Gasteiger partial charge in [-0.15, -0.1) is 5.69 Å². The summed E-state index contributed by atoms with van der Waals surface area (Å²) >= 11 is 0. The van der Waals surface area contributed by atoms with Crippen LogP contribution in [0.15, 0.2) is 22.9 Å². The standard InChI is InChI=1S/C11H12FN2O2.Y/c1-3-8-6-9(12)10(16-8)14-5-4-7(2)13-11(14)15;/h5-6,8,10H,3H2,1-2H3;/q-1;/t8-,10-;/m0./s1. The summed E-state index contributed by atoms with van der Waals surface area (Å²) < 4.78 is 20.0. The summed E-state index contributed by atoms with van der Waals surface area (Å²) in [5.74, 6) is -0.451. The Labute approximate surface area is 124 Å². The van der Waals surface area contributed by atoms with Crippen LogP contribution in [-0.2, 0) is 37.4 Å². The van der Waals surface area contributed by atoms with E-state index in [1.165, 1.54) is 12.3 Å². The van der Waals surface area contributed by atoms with Gasteiger partial charge in [0.1, 0.15) is 5.83 Å². The average Bonchev–Trinajstić information content (AvgIpc) is 2.60. The van der Waals surface area contributed by atoms with Gasteiger partial charge in [0.05, 0.1) is 6.10 Å². The molecule has 0 amide bonds. The number of ether oxygens (including phenoxy) is 1. The topological polar surface area (TPSA) is 44.1 Å². The van der Waals surface area contributed by atoms with Gasteiger partial charge in [0.25, 0.3) is 0 Å². The molecular formula is C11H12FN2O2Y-. The van der Waals surface area contributed by atoms with Crippen LogP contribution in [0, 0.1) is 13.0 Å². The van der Waals surface area contributed by atoms with Crippen molar-refractivity contribution < 1.29 is 41.8 Å². The molecule has 1 aliphatic heterocycles. The molecule has 17 heavy (non-hydrogen) atoms. The van der Waals surface area contributed by atoms with Gasteiger partial charge < -0.3 is 15.4 Å². The monoisotopic (exact) mass is 312 g/mol. The van der Waals surface area contributed by atoms with Crippen LogP contribution < -0.4 is 5.69 Å². The zero-order valence-corrected chi connectivity index (χ0v) is 12.5. The molecule has 2 heterocycles. The van der Waals surface area contributed by atoms with E-state index >= 15 is 0 Å².